The molecular formula is C137H89Br4N5OS. The number of hydrogen-bond acceptors (Lipinski definition) is 7. The SMILES string of the molecule is Brc1ccc(N(c2ccc3c(c2)oc2ccccc23)c2cccc3ccccc23)cc1.Brc1ccc(N(c2ccccc2)c2cccc3c2-c2ccccc2C32c3ccccc3-c3ccccc32)cc1.Brc1ccc(N(c2cncc(-c3ccccc3)c2)c2ccc3c(c2)sc2ccccc23)cc1.C=Cc1cccc(N(c2ccc3c(c2)-c2ccccc2C32c3ccccc3-c3ccccc32)c2ccc(Br)c3ccccc23)c1. The lowest BCUT2D eigenvalue weighted by Crippen LogP contribution is -2.26. The topological polar surface area (TPSA) is 39.0 Å². The molecule has 22 aromatic carbocycles. The summed E-state index contributed by atoms with van der Waals surface area (Å²) >= 11 is 16.4. The Bertz CT molecular complexity index is 9400. The average Bonchev–Trinajstić information content (AvgIpc) is 1.51. The molecule has 4 aliphatic carbocycles. The quantitative estimate of drug-likeness (QED) is 0.108. The average molecular weight is 2170 g/mol. The summed E-state index contributed by atoms with van der Waals surface area (Å²) in [5.41, 5.74) is 39.1. The highest BCUT2D eigenvalue weighted by Gasteiger charge is 2.54. The van der Waals surface area contributed by atoms with Gasteiger partial charge in [-0.1, -0.05) is 404 Å². The van der Waals surface area contributed by atoms with Crippen molar-refractivity contribution in [1.82, 2.24) is 4.98 Å². The van der Waals surface area contributed by atoms with Crippen molar-refractivity contribution in [3.05, 3.63) is 597 Å². The van der Waals surface area contributed by atoms with Gasteiger partial charge in [-0.15, -0.1) is 11.3 Å². The number of benzene rings is 22. The molecule has 0 atom stereocenters. The minimum Gasteiger partial charge on any atom is -0.456 e. The Morgan fingerprint density at radius 2 is 0.635 bits per heavy atom. The van der Waals surface area contributed by atoms with E-state index in [1.54, 1.807) is 0 Å². The van der Waals surface area contributed by atoms with Gasteiger partial charge in [0.2, 0.25) is 0 Å². The number of halogens is 4. The fourth-order valence-electron chi connectivity index (χ4n) is 23.3. The number of pyridine rings is 1. The van der Waals surface area contributed by atoms with Crippen LogP contribution in [-0.4, -0.2) is 4.98 Å². The number of aromatic nitrogens is 1. The zero-order valence-electron chi connectivity index (χ0n) is 80.0. The van der Waals surface area contributed by atoms with Crippen molar-refractivity contribution in [2.24, 2.45) is 0 Å². The standard InChI is InChI=1S/C43H28BrN.C37H24BrN.C29H19BrN2S.C28H18BrNO/c1-2-28-12-11-13-29(26-28)45(42-25-24-41(44)34-17-3-4-18-35(34)42)30-22-23-40-36(27-30)33-16-7-10-21-39(33)43(40)37-19-8-5-14-31(37)32-15-6-9-20-38(32)43;38-25-21-23-27(24-22-25)39(26-11-2-1-3-12-26)35-20-10-19-34-36(35)30-15-6-9-18-33(30)37(34)31-16-7-4-13-28(31)29-14-5-8-17-32(29)37;30-22-10-12-23(13-11-22)32(25-16-21(18-31-19-25)20-6-2-1-3-7-20)24-14-15-27-26-8-4-5-9-28(26)33-29(27)17-24;29-20-12-14-21(15-13-20)30(26-10-5-7-19-6-1-2-8-23(19)26)22-16-17-25-24-9-3-4-11-27(24)31-28(25)18-22/h2-27H,1H2;1-24H;1-19H;1-18H. The fourth-order valence-corrected chi connectivity index (χ4v) is 25.7. The maximum atomic E-state index is 6.19. The molecule has 0 fully saturated rings. The Hall–Kier alpha value is -16.6. The van der Waals surface area contributed by atoms with Crippen LogP contribution in [0.5, 0.6) is 0 Å². The Balaban J connectivity index is 0.000000101. The van der Waals surface area contributed by atoms with Crippen molar-refractivity contribution in [3.63, 3.8) is 0 Å². The highest BCUT2D eigenvalue weighted by Crippen LogP contribution is 2.67. The molecule has 11 heteroatoms. The van der Waals surface area contributed by atoms with Gasteiger partial charge >= 0.3 is 0 Å². The zero-order chi connectivity index (χ0) is 99.1. The van der Waals surface area contributed by atoms with Gasteiger partial charge in [0.05, 0.1) is 39.8 Å². The summed E-state index contributed by atoms with van der Waals surface area (Å²) in [6.45, 7) is 4.06. The molecule has 0 radical (unpaired) electrons. The molecule has 3 aromatic heterocycles. The maximum absolute atomic E-state index is 6.19. The summed E-state index contributed by atoms with van der Waals surface area (Å²) < 4.78 is 13.1. The van der Waals surface area contributed by atoms with Crippen molar-refractivity contribution in [2.75, 3.05) is 19.6 Å². The minimum atomic E-state index is -0.352. The van der Waals surface area contributed by atoms with Crippen molar-refractivity contribution in [3.8, 4) is 55.6 Å². The third-order valence-corrected chi connectivity index (χ3v) is 32.9. The smallest absolute Gasteiger partial charge is 0.137 e. The van der Waals surface area contributed by atoms with E-state index in [-0.39, 0.29) is 10.8 Å². The third-order valence-electron chi connectivity index (χ3n) is 29.5. The van der Waals surface area contributed by atoms with Crippen LogP contribution in [0.15, 0.2) is 551 Å². The number of anilines is 12. The Morgan fingerprint density at radius 3 is 1.26 bits per heavy atom. The Morgan fingerprint density at radius 1 is 0.236 bits per heavy atom. The van der Waals surface area contributed by atoms with Gasteiger partial charge in [-0.25, -0.2) is 0 Å². The Kier molecular flexibility index (Phi) is 23.7. The molecular weight excluding hydrogens is 2080 g/mol. The van der Waals surface area contributed by atoms with E-state index in [0.717, 1.165) is 119 Å². The normalized spacial score (nSPS) is 12.5. The first-order valence-electron chi connectivity index (χ1n) is 49.6. The molecule has 0 saturated carbocycles. The number of nitrogens with zero attached hydrogens (tertiary/aromatic N) is 5. The molecule has 0 saturated heterocycles. The van der Waals surface area contributed by atoms with Gasteiger partial charge < -0.3 is 24.0 Å². The van der Waals surface area contributed by atoms with E-state index in [4.69, 9.17) is 4.42 Å². The number of rotatable bonds is 14. The first-order chi connectivity index (χ1) is 73.0. The molecule has 0 amide bonds. The van der Waals surface area contributed by atoms with Gasteiger partial charge in [-0.3, -0.25) is 4.98 Å². The second-order valence-corrected chi connectivity index (χ2v) is 42.3. The summed E-state index contributed by atoms with van der Waals surface area (Å²) in [7, 11) is 0. The molecule has 6 nitrogen and oxygen atoms in total. The molecule has 4 aliphatic rings. The Labute approximate surface area is 896 Å². The van der Waals surface area contributed by atoms with Crippen molar-refractivity contribution >= 4 is 213 Å². The highest BCUT2D eigenvalue weighted by atomic mass is 79.9. The van der Waals surface area contributed by atoms with Gasteiger partial charge in [0.25, 0.3) is 0 Å². The first kappa shape index (κ1) is 91.3. The van der Waals surface area contributed by atoms with E-state index < -0.39 is 0 Å². The number of fused-ring (bicyclic) bond motifs is 28. The van der Waals surface area contributed by atoms with Crippen molar-refractivity contribution < 1.29 is 4.42 Å². The third kappa shape index (κ3) is 15.6. The molecule has 25 aromatic rings. The van der Waals surface area contributed by atoms with Gasteiger partial charge in [0, 0.05) is 128 Å². The summed E-state index contributed by atoms with van der Waals surface area (Å²) in [6.07, 6.45) is 5.77. The van der Waals surface area contributed by atoms with Crippen LogP contribution in [0.4, 0.5) is 68.2 Å². The van der Waals surface area contributed by atoms with Crippen molar-refractivity contribution in [1.29, 1.82) is 0 Å². The van der Waals surface area contributed by atoms with Crippen molar-refractivity contribution in [2.45, 2.75) is 10.8 Å². The van der Waals surface area contributed by atoms with E-state index >= 15 is 0 Å². The number of hydrogen-bond donors (Lipinski definition) is 0. The van der Waals surface area contributed by atoms with E-state index in [0.29, 0.717) is 0 Å². The number of thiophene rings is 1. The molecule has 0 bridgehead atoms. The fraction of sp³-hybridized carbons (Fsp3) is 0.0146. The first-order valence-corrected chi connectivity index (χ1v) is 53.6. The van der Waals surface area contributed by atoms with Gasteiger partial charge in [-0.05, 0) is 281 Å². The summed E-state index contributed by atoms with van der Waals surface area (Å²) in [5.74, 6) is 0. The van der Waals surface area contributed by atoms with E-state index in [1.165, 1.54) is 136 Å². The predicted molar refractivity (Wildman–Crippen MR) is 636 cm³/mol. The summed E-state index contributed by atoms with van der Waals surface area (Å²) in [4.78, 5) is 14.0. The molecule has 0 aliphatic heterocycles. The number of furan rings is 1. The molecule has 148 heavy (non-hydrogen) atoms. The van der Waals surface area contributed by atoms with Crippen LogP contribution >= 0.6 is 75.1 Å². The lowest BCUT2D eigenvalue weighted by molar-refractivity contribution is 0.669. The second kappa shape index (κ2) is 38.4. The highest BCUT2D eigenvalue weighted by molar-refractivity contribution is 9.11. The summed E-state index contributed by atoms with van der Waals surface area (Å²) in [6, 6.07) is 183. The van der Waals surface area contributed by atoms with E-state index in [9.17, 15) is 0 Å². The lowest BCUT2D eigenvalue weighted by atomic mass is 9.70. The molecule has 29 rings (SSSR count). The molecule has 0 unspecified atom stereocenters. The molecule has 3 heterocycles. The van der Waals surface area contributed by atoms with E-state index in [2.05, 4.69) is 586 Å². The van der Waals surface area contributed by atoms with Crippen LogP contribution in [0, 0.1) is 0 Å². The zero-order valence-corrected chi connectivity index (χ0v) is 87.2. The molecule has 0 N–H and O–H groups in total. The van der Waals surface area contributed by atoms with Crippen LogP contribution in [-0.2, 0) is 10.8 Å². The van der Waals surface area contributed by atoms with Crippen LogP contribution in [0.2, 0.25) is 0 Å². The largest absolute Gasteiger partial charge is 0.456 e. The summed E-state index contributed by atoms with van der Waals surface area (Å²) in [5, 5.41) is 9.68. The van der Waals surface area contributed by atoms with Crippen LogP contribution in [0.3, 0.4) is 0 Å². The minimum absolute atomic E-state index is 0.350. The predicted octanol–water partition coefficient (Wildman–Crippen LogP) is 40.6. The van der Waals surface area contributed by atoms with Crippen LogP contribution in [0.25, 0.3) is 125 Å². The van der Waals surface area contributed by atoms with Gasteiger partial charge in [0.1, 0.15) is 11.2 Å². The second-order valence-electron chi connectivity index (χ2n) is 37.6. The molecule has 2 spiro atoms. The lowest BCUT2D eigenvalue weighted by Gasteiger charge is -2.31. The van der Waals surface area contributed by atoms with Crippen LogP contribution < -0.4 is 19.6 Å². The number of para-hydroxylation sites is 2. The van der Waals surface area contributed by atoms with E-state index in [1.807, 2.05) is 48.0 Å². The van der Waals surface area contributed by atoms with Crippen LogP contribution in [0.1, 0.15) is 50.1 Å². The molecule has 702 valence electrons. The van der Waals surface area contributed by atoms with Gasteiger partial charge in [0.15, 0.2) is 0 Å². The van der Waals surface area contributed by atoms with Gasteiger partial charge in [-0.2, -0.15) is 0 Å². The monoisotopic (exact) mass is 2170 g/mol. The maximum Gasteiger partial charge on any atom is 0.137 e.